The van der Waals surface area contributed by atoms with Crippen LogP contribution in [0.3, 0.4) is 0 Å². The zero-order valence-corrected chi connectivity index (χ0v) is 22.8. The Morgan fingerprint density at radius 2 is 1.31 bits per heavy atom. The second-order valence-electron chi connectivity index (χ2n) is 8.72. The van der Waals surface area contributed by atoms with Crippen LogP contribution in [0.15, 0.2) is 27.8 Å². The first kappa shape index (κ1) is 24.0. The number of unbranched alkanes of at least 4 members (excludes halogenated alkanes) is 9. The van der Waals surface area contributed by atoms with Gasteiger partial charge in [-0.1, -0.05) is 64.7 Å². The van der Waals surface area contributed by atoms with Crippen molar-refractivity contribution in [3.63, 3.8) is 0 Å². The normalized spacial score (nSPS) is 12.0. The fraction of sp³-hybridized carbons (Fsp3) is 0.462. The number of benzene rings is 2. The van der Waals surface area contributed by atoms with Gasteiger partial charge in [-0.3, -0.25) is 9.59 Å². The monoisotopic (exact) mass is 654 g/mol. The Labute approximate surface area is 215 Å². The van der Waals surface area contributed by atoms with Gasteiger partial charge in [-0.2, -0.15) is 0 Å². The van der Waals surface area contributed by atoms with Crippen molar-refractivity contribution in [3.8, 4) is 0 Å². The van der Waals surface area contributed by atoms with Gasteiger partial charge in [0.25, 0.3) is 11.1 Å². The Kier molecular flexibility index (Phi) is 8.13. The summed E-state index contributed by atoms with van der Waals surface area (Å²) in [5, 5.41) is 2.82. The van der Waals surface area contributed by atoms with Crippen LogP contribution in [0.2, 0.25) is 0 Å². The van der Waals surface area contributed by atoms with Crippen molar-refractivity contribution in [1.82, 2.24) is 9.97 Å². The average Bonchev–Trinajstić information content (AvgIpc) is 2.75. The van der Waals surface area contributed by atoms with Gasteiger partial charge >= 0.3 is 0 Å². The van der Waals surface area contributed by atoms with E-state index in [1.54, 1.807) is 0 Å². The number of aromatic nitrogens is 2. The van der Waals surface area contributed by atoms with E-state index < -0.39 is 0 Å². The molecule has 2 aromatic rings. The molecule has 4 rings (SSSR count). The van der Waals surface area contributed by atoms with Crippen molar-refractivity contribution < 1.29 is 0 Å². The third-order valence-electron chi connectivity index (χ3n) is 6.36. The van der Waals surface area contributed by atoms with E-state index in [1.807, 2.05) is 18.2 Å². The zero-order chi connectivity index (χ0) is 22.7. The van der Waals surface area contributed by atoms with E-state index in [0.717, 1.165) is 36.0 Å². The highest BCUT2D eigenvalue weighted by molar-refractivity contribution is 14.1. The molecule has 6 heteroatoms. The maximum absolute atomic E-state index is 13.1. The zero-order valence-electron chi connectivity index (χ0n) is 18.5. The minimum atomic E-state index is -0.249. The molecule has 168 valence electrons. The lowest BCUT2D eigenvalue weighted by molar-refractivity contribution is 0.556. The molecule has 0 fully saturated rings. The number of aryl methyl sites for hydroxylation is 1. The molecule has 0 unspecified atom stereocenters. The van der Waals surface area contributed by atoms with Gasteiger partial charge in [0.05, 0.1) is 21.8 Å². The molecule has 0 aromatic heterocycles. The Hall–Kier alpha value is -1.16. The molecule has 4 nitrogen and oxygen atoms in total. The van der Waals surface area contributed by atoms with Crippen LogP contribution in [0.5, 0.6) is 0 Å². The fourth-order valence-electron chi connectivity index (χ4n) is 4.74. The predicted octanol–water partition coefficient (Wildman–Crippen LogP) is 6.78. The number of halogens is 2. The highest BCUT2D eigenvalue weighted by atomic mass is 127. The molecule has 0 bridgehead atoms. The number of hydrogen-bond acceptors (Lipinski definition) is 4. The average molecular weight is 654 g/mol. The molecule has 0 saturated heterocycles. The lowest BCUT2D eigenvalue weighted by Gasteiger charge is -2.12. The largest absolute Gasteiger partial charge is 0.278 e. The molecule has 2 heterocycles. The summed E-state index contributed by atoms with van der Waals surface area (Å²) >= 11 is 4.44. The molecular formula is C26H28I2N2O2. The molecule has 0 spiro atoms. The number of hydrogen-bond donors (Lipinski definition) is 0. The molecule has 32 heavy (non-hydrogen) atoms. The third-order valence-corrected chi connectivity index (χ3v) is 7.95. The summed E-state index contributed by atoms with van der Waals surface area (Å²) < 4.78 is 1.89. The van der Waals surface area contributed by atoms with E-state index in [0.29, 0.717) is 21.8 Å². The molecule has 0 radical (unpaired) electrons. The van der Waals surface area contributed by atoms with Crippen molar-refractivity contribution in [2.24, 2.45) is 0 Å². The Balaban J connectivity index is 1.56. The maximum atomic E-state index is 13.1. The van der Waals surface area contributed by atoms with E-state index >= 15 is 0 Å². The third kappa shape index (κ3) is 5.00. The van der Waals surface area contributed by atoms with E-state index in [2.05, 4.69) is 62.1 Å². The van der Waals surface area contributed by atoms with Gasteiger partial charge in [0, 0.05) is 17.6 Å². The van der Waals surface area contributed by atoms with Gasteiger partial charge in [-0.25, -0.2) is 9.97 Å². The van der Waals surface area contributed by atoms with Gasteiger partial charge < -0.3 is 0 Å². The molecular weight excluding hydrogens is 626 g/mol. The fourth-order valence-corrected chi connectivity index (χ4v) is 6.18. The SMILES string of the molecule is CCCCCCCCCCCCc1c(I)cc2nc(=O)c3cc(I)cc4nc(=O)c1c2=c43. The van der Waals surface area contributed by atoms with Gasteiger partial charge in [0.1, 0.15) is 0 Å². The van der Waals surface area contributed by atoms with Crippen LogP contribution in [0.1, 0.15) is 76.7 Å². The highest BCUT2D eigenvalue weighted by Crippen LogP contribution is 2.27. The Morgan fingerprint density at radius 1 is 0.719 bits per heavy atom. The Morgan fingerprint density at radius 3 is 2.00 bits per heavy atom. The predicted molar refractivity (Wildman–Crippen MR) is 148 cm³/mol. The maximum Gasteiger partial charge on any atom is 0.278 e. The lowest BCUT2D eigenvalue weighted by Crippen LogP contribution is -2.17. The first-order chi connectivity index (χ1) is 15.5. The molecule has 2 aromatic carbocycles. The second kappa shape index (κ2) is 10.8. The van der Waals surface area contributed by atoms with Crippen molar-refractivity contribution in [2.75, 3.05) is 0 Å². The quantitative estimate of drug-likeness (QED) is 0.132. The van der Waals surface area contributed by atoms with Crippen LogP contribution in [-0.4, -0.2) is 9.97 Å². The van der Waals surface area contributed by atoms with Gasteiger partial charge in [-0.15, -0.1) is 0 Å². The number of rotatable bonds is 11. The van der Waals surface area contributed by atoms with E-state index in [4.69, 9.17) is 0 Å². The van der Waals surface area contributed by atoms with Gasteiger partial charge in [-0.05, 0) is 81.8 Å². The molecule has 0 amide bonds. The standard InChI is InChI=1S/C26H28I2N2O2/c1-2-3-4-5-6-7-8-9-10-11-12-17-19(28)15-21-24-22-18(25(31)29-21)13-16(27)14-20(22)30-26(32)23(17)24/h13-15H,2-12H2,1H3. The summed E-state index contributed by atoms with van der Waals surface area (Å²) in [4.78, 5) is 34.4. The highest BCUT2D eigenvalue weighted by Gasteiger charge is 2.18. The van der Waals surface area contributed by atoms with Gasteiger partial charge in [0.15, 0.2) is 0 Å². The van der Waals surface area contributed by atoms with E-state index in [9.17, 15) is 9.59 Å². The van der Waals surface area contributed by atoms with Crippen molar-refractivity contribution >= 4 is 67.0 Å². The molecule has 0 N–H and O–H groups in total. The van der Waals surface area contributed by atoms with Crippen LogP contribution in [0.25, 0.3) is 21.8 Å². The minimum Gasteiger partial charge on any atom is -0.267 e. The van der Waals surface area contributed by atoms with Gasteiger partial charge in [0.2, 0.25) is 0 Å². The van der Waals surface area contributed by atoms with Crippen LogP contribution in [-0.2, 0) is 6.42 Å². The molecule has 2 aliphatic heterocycles. The number of nitrogens with zero attached hydrogens (tertiary/aromatic N) is 2. The van der Waals surface area contributed by atoms with Crippen LogP contribution in [0.4, 0.5) is 0 Å². The Bertz CT molecular complexity index is 1390. The summed E-state index contributed by atoms with van der Waals surface area (Å²) in [6, 6.07) is 5.69. The summed E-state index contributed by atoms with van der Waals surface area (Å²) in [6.45, 7) is 2.26. The summed E-state index contributed by atoms with van der Waals surface area (Å²) in [7, 11) is 0. The summed E-state index contributed by atoms with van der Waals surface area (Å²) in [6.07, 6.45) is 13.7. The molecule has 0 atom stereocenters. The first-order valence-corrected chi connectivity index (χ1v) is 13.9. The molecule has 2 aliphatic rings. The van der Waals surface area contributed by atoms with Crippen molar-refractivity contribution in [3.05, 3.63) is 62.0 Å². The molecule has 0 saturated carbocycles. The van der Waals surface area contributed by atoms with E-state index in [-0.39, 0.29) is 11.1 Å². The summed E-state index contributed by atoms with van der Waals surface area (Å²) in [5.74, 6) is 0. The smallest absolute Gasteiger partial charge is 0.267 e. The van der Waals surface area contributed by atoms with Crippen LogP contribution >= 0.6 is 45.2 Å². The van der Waals surface area contributed by atoms with Crippen molar-refractivity contribution in [1.29, 1.82) is 0 Å². The van der Waals surface area contributed by atoms with E-state index in [1.165, 1.54) is 57.8 Å². The van der Waals surface area contributed by atoms with Crippen LogP contribution < -0.4 is 11.1 Å². The minimum absolute atomic E-state index is 0.202. The first-order valence-electron chi connectivity index (χ1n) is 11.7. The lowest BCUT2D eigenvalue weighted by atomic mass is 9.97. The van der Waals surface area contributed by atoms with Crippen LogP contribution in [0, 0.1) is 17.6 Å². The second-order valence-corrected chi connectivity index (χ2v) is 11.1. The summed E-state index contributed by atoms with van der Waals surface area (Å²) in [5.41, 5.74) is 1.82. The topological polar surface area (TPSA) is 59.9 Å². The molecule has 0 aliphatic carbocycles. The van der Waals surface area contributed by atoms with Crippen molar-refractivity contribution in [2.45, 2.75) is 77.6 Å².